The minimum absolute atomic E-state index is 0.00277. The average molecular weight is 374 g/mol. The largest absolute Gasteiger partial charge is 0.494 e. The summed E-state index contributed by atoms with van der Waals surface area (Å²) in [6, 6.07) is 3.34. The van der Waals surface area contributed by atoms with Crippen molar-refractivity contribution >= 4 is 55.7 Å². The number of fused-ring (bicyclic) bond motifs is 1. The summed E-state index contributed by atoms with van der Waals surface area (Å²) in [4.78, 5) is 7.05. The number of hydrogen-bond acceptors (Lipinski definition) is 5. The molecule has 0 radical (unpaired) electrons. The Balaban J connectivity index is 2.52. The van der Waals surface area contributed by atoms with Crippen LogP contribution in [0.5, 0.6) is 5.75 Å². The van der Waals surface area contributed by atoms with E-state index in [0.717, 1.165) is 0 Å². The maximum Gasteiger partial charge on any atom is 0.226 e. The fourth-order valence-corrected chi connectivity index (χ4v) is 4.19. The Kier molecular flexibility index (Phi) is 4.93. The molecule has 9 heteroatoms. The highest BCUT2D eigenvalue weighted by Crippen LogP contribution is 2.31. The monoisotopic (exact) mass is 373 g/mol. The molecule has 0 saturated carbocycles. The van der Waals surface area contributed by atoms with Gasteiger partial charge < -0.3 is 15.0 Å². The van der Waals surface area contributed by atoms with Crippen molar-refractivity contribution in [1.82, 2.24) is 9.97 Å². The predicted molar refractivity (Wildman–Crippen MR) is 99.4 cm³/mol. The number of sulfone groups is 1. The second-order valence-corrected chi connectivity index (χ2v) is 9.42. The molecule has 0 spiro atoms. The van der Waals surface area contributed by atoms with Gasteiger partial charge in [0, 0.05) is 6.07 Å². The van der Waals surface area contributed by atoms with E-state index in [1.165, 1.54) is 7.11 Å². The van der Waals surface area contributed by atoms with E-state index in [1.54, 1.807) is 12.1 Å². The van der Waals surface area contributed by atoms with Gasteiger partial charge in [-0.2, -0.15) is 0 Å². The highest BCUT2D eigenvalue weighted by atomic mass is 32.2. The van der Waals surface area contributed by atoms with Gasteiger partial charge in [0.2, 0.25) is 15.0 Å². The second kappa shape index (κ2) is 6.29. The van der Waals surface area contributed by atoms with Gasteiger partial charge in [0.15, 0.2) is 0 Å². The van der Waals surface area contributed by atoms with Gasteiger partial charge in [0.1, 0.15) is 10.1 Å². The summed E-state index contributed by atoms with van der Waals surface area (Å²) in [7, 11) is -1.99. The highest BCUT2D eigenvalue weighted by molar-refractivity contribution is 8.11. The number of H-pyrrole nitrogens is 1. The Hall–Kier alpha value is -1.32. The number of nitrogens with zero attached hydrogens (tertiary/aromatic N) is 1. The summed E-state index contributed by atoms with van der Waals surface area (Å²) in [6.45, 7) is 5.60. The number of methoxy groups -OCH3 is 1. The molecule has 0 fully saturated rings. The number of thiocarbonyl (C=S) groups is 1. The van der Waals surface area contributed by atoms with Crippen LogP contribution >= 0.6 is 24.8 Å². The van der Waals surface area contributed by atoms with Crippen molar-refractivity contribution in [3.63, 3.8) is 0 Å². The number of ether oxygens (including phenoxy) is 1. The lowest BCUT2D eigenvalue weighted by Crippen LogP contribution is -2.21. The zero-order valence-electron chi connectivity index (χ0n) is 13.3. The van der Waals surface area contributed by atoms with E-state index in [2.05, 4.69) is 27.9 Å². The number of anilines is 1. The molecule has 126 valence electrons. The van der Waals surface area contributed by atoms with Gasteiger partial charge in [-0.05, 0) is 11.5 Å². The number of aromatic nitrogens is 2. The lowest BCUT2D eigenvalue weighted by molar-refractivity contribution is 0.417. The van der Waals surface area contributed by atoms with Crippen LogP contribution in [0, 0.1) is 5.41 Å². The zero-order valence-corrected chi connectivity index (χ0v) is 15.8. The van der Waals surface area contributed by atoms with Crippen molar-refractivity contribution in [2.45, 2.75) is 25.9 Å². The van der Waals surface area contributed by atoms with E-state index in [9.17, 15) is 8.42 Å². The van der Waals surface area contributed by atoms with E-state index in [1.807, 2.05) is 20.8 Å². The Labute approximate surface area is 146 Å². The summed E-state index contributed by atoms with van der Waals surface area (Å²) >= 11 is 8.94. The summed E-state index contributed by atoms with van der Waals surface area (Å²) in [5, 5.41) is 2.83. The van der Waals surface area contributed by atoms with Crippen molar-refractivity contribution in [2.75, 3.05) is 18.2 Å². The topological polar surface area (TPSA) is 84.1 Å². The van der Waals surface area contributed by atoms with E-state index < -0.39 is 9.84 Å². The molecule has 0 bridgehead atoms. The molecule has 0 amide bonds. The number of rotatable bonds is 4. The third kappa shape index (κ3) is 4.36. The molecule has 0 aliphatic carbocycles. The van der Waals surface area contributed by atoms with E-state index in [-0.39, 0.29) is 20.6 Å². The highest BCUT2D eigenvalue weighted by Gasteiger charge is 2.26. The Morgan fingerprint density at radius 3 is 2.61 bits per heavy atom. The number of nitrogens with one attached hydrogen (secondary N) is 2. The molecule has 2 rings (SSSR count). The molecule has 0 aliphatic rings. The van der Waals surface area contributed by atoms with E-state index in [4.69, 9.17) is 17.0 Å². The molecule has 0 atom stereocenters. The lowest BCUT2D eigenvalue weighted by Gasteiger charge is -2.16. The first kappa shape index (κ1) is 18.0. The average Bonchev–Trinajstić information content (AvgIpc) is 2.77. The van der Waals surface area contributed by atoms with E-state index >= 15 is 0 Å². The van der Waals surface area contributed by atoms with Crippen LogP contribution in [-0.4, -0.2) is 35.6 Å². The van der Waals surface area contributed by atoms with Gasteiger partial charge in [-0.25, -0.2) is 13.4 Å². The third-order valence-corrected chi connectivity index (χ3v) is 5.18. The van der Waals surface area contributed by atoms with Crippen molar-refractivity contribution in [2.24, 2.45) is 5.41 Å². The summed E-state index contributed by atoms with van der Waals surface area (Å²) in [6.07, 6.45) is 0. The van der Waals surface area contributed by atoms with Crippen molar-refractivity contribution < 1.29 is 13.2 Å². The van der Waals surface area contributed by atoms with Crippen LogP contribution < -0.4 is 10.1 Å². The minimum atomic E-state index is -3.50. The zero-order chi connectivity index (χ0) is 17.4. The molecule has 0 unspecified atom stereocenters. The maximum atomic E-state index is 12.5. The molecule has 1 aromatic heterocycles. The smallest absolute Gasteiger partial charge is 0.226 e. The van der Waals surface area contributed by atoms with Crippen molar-refractivity contribution in [1.29, 1.82) is 0 Å². The van der Waals surface area contributed by atoms with Gasteiger partial charge in [0.25, 0.3) is 0 Å². The van der Waals surface area contributed by atoms with Crippen LogP contribution in [0.3, 0.4) is 0 Å². The first-order chi connectivity index (χ1) is 10.5. The molecular formula is C14H19N3O3S3. The first-order valence-corrected chi connectivity index (χ1v) is 9.33. The van der Waals surface area contributed by atoms with Crippen LogP contribution in [0.15, 0.2) is 17.3 Å². The van der Waals surface area contributed by atoms with Gasteiger partial charge in [-0.15, -0.1) is 12.6 Å². The molecule has 1 heterocycles. The molecular weight excluding hydrogens is 354 g/mol. The Morgan fingerprint density at radius 1 is 1.43 bits per heavy atom. The lowest BCUT2D eigenvalue weighted by atomic mass is 10.0. The maximum absolute atomic E-state index is 12.5. The molecule has 2 N–H and O–H groups in total. The number of thiol groups is 1. The Morgan fingerprint density at radius 2 is 2.09 bits per heavy atom. The standard InChI is InChI=1S/C14H19N3O3S3/c1-14(2,3)7-23(18,19)12-15-8-5-10(17-13(21)22)11(20-4)6-9(8)16-12/h5-6H,7H2,1-4H3,(H,15,16)(H2,17,21,22). The summed E-state index contributed by atoms with van der Waals surface area (Å²) < 4.78 is 30.5. The predicted octanol–water partition coefficient (Wildman–Crippen LogP) is 3.02. The fourth-order valence-electron chi connectivity index (χ4n) is 2.18. The number of hydrogen-bond donors (Lipinski definition) is 3. The normalized spacial score (nSPS) is 12.4. The third-order valence-electron chi connectivity index (χ3n) is 2.94. The van der Waals surface area contributed by atoms with Crippen LogP contribution in [0.2, 0.25) is 0 Å². The van der Waals surface area contributed by atoms with Crippen molar-refractivity contribution in [3.05, 3.63) is 12.1 Å². The van der Waals surface area contributed by atoms with Crippen LogP contribution in [0.4, 0.5) is 5.69 Å². The number of aromatic amines is 1. The fraction of sp³-hybridized carbons (Fsp3) is 0.429. The SMILES string of the molecule is COc1cc2nc(S(=O)(=O)CC(C)(C)C)[nH]c2cc1NC(=S)S. The summed E-state index contributed by atoms with van der Waals surface area (Å²) in [5.41, 5.74) is 1.30. The number of imidazole rings is 1. The molecule has 0 saturated heterocycles. The van der Waals surface area contributed by atoms with Crippen molar-refractivity contribution in [3.8, 4) is 5.75 Å². The molecule has 6 nitrogen and oxygen atoms in total. The Bertz CT molecular complexity index is 851. The summed E-state index contributed by atoms with van der Waals surface area (Å²) in [5.74, 6) is 0.503. The minimum Gasteiger partial charge on any atom is -0.494 e. The van der Waals surface area contributed by atoms with Gasteiger partial charge in [0.05, 0.1) is 29.6 Å². The van der Waals surface area contributed by atoms with Gasteiger partial charge >= 0.3 is 0 Å². The molecule has 1 aromatic carbocycles. The van der Waals surface area contributed by atoms with Crippen LogP contribution in [0.25, 0.3) is 11.0 Å². The van der Waals surface area contributed by atoms with Crippen LogP contribution in [-0.2, 0) is 9.84 Å². The number of benzene rings is 1. The van der Waals surface area contributed by atoms with Crippen LogP contribution in [0.1, 0.15) is 20.8 Å². The molecule has 2 aromatic rings. The van der Waals surface area contributed by atoms with Gasteiger partial charge in [-0.1, -0.05) is 33.0 Å². The first-order valence-electron chi connectivity index (χ1n) is 6.82. The quantitative estimate of drug-likeness (QED) is 0.564. The molecule has 0 aliphatic heterocycles. The molecule has 23 heavy (non-hydrogen) atoms. The second-order valence-electron chi connectivity index (χ2n) is 6.36. The van der Waals surface area contributed by atoms with E-state index in [0.29, 0.717) is 22.5 Å². The van der Waals surface area contributed by atoms with Gasteiger partial charge in [-0.3, -0.25) is 0 Å².